The van der Waals surface area contributed by atoms with E-state index in [0.717, 1.165) is 54.3 Å². The van der Waals surface area contributed by atoms with Crippen LogP contribution in [-0.2, 0) is 6.42 Å². The Morgan fingerprint density at radius 3 is 2.82 bits per heavy atom. The Hall–Kier alpha value is -3.12. The van der Waals surface area contributed by atoms with Gasteiger partial charge in [-0.3, -0.25) is 9.59 Å². The number of carbonyl (C=O) groups excluding carboxylic acids is 2. The van der Waals surface area contributed by atoms with Crippen molar-refractivity contribution in [2.24, 2.45) is 10.9 Å². The first-order valence-corrected chi connectivity index (χ1v) is 12.4. The molecule has 3 heterocycles. The number of benzene rings is 2. The van der Waals surface area contributed by atoms with Crippen molar-refractivity contribution in [3.05, 3.63) is 64.3 Å². The van der Waals surface area contributed by atoms with Gasteiger partial charge in [-0.1, -0.05) is 24.6 Å². The van der Waals surface area contributed by atoms with Crippen molar-refractivity contribution in [3.63, 3.8) is 0 Å². The second-order valence-electron chi connectivity index (χ2n) is 9.44. The van der Waals surface area contributed by atoms with Crippen LogP contribution < -0.4 is 10.6 Å². The van der Waals surface area contributed by atoms with E-state index < -0.39 is 0 Å². The van der Waals surface area contributed by atoms with Gasteiger partial charge in [-0.25, -0.2) is 4.99 Å². The van der Waals surface area contributed by atoms with Crippen molar-refractivity contribution >= 4 is 45.8 Å². The number of halogens is 1. The first-order chi connectivity index (χ1) is 16.4. The van der Waals surface area contributed by atoms with Crippen LogP contribution in [0.15, 0.2) is 47.5 Å². The Labute approximate surface area is 204 Å². The molecule has 6 nitrogen and oxygen atoms in total. The first-order valence-electron chi connectivity index (χ1n) is 12.0. The summed E-state index contributed by atoms with van der Waals surface area (Å²) in [7, 11) is 0. The Morgan fingerprint density at radius 1 is 1.12 bits per heavy atom. The summed E-state index contributed by atoms with van der Waals surface area (Å²) < 4.78 is 2.08. The van der Waals surface area contributed by atoms with E-state index in [1.165, 1.54) is 0 Å². The number of amides is 2. The van der Waals surface area contributed by atoms with E-state index in [9.17, 15) is 9.59 Å². The summed E-state index contributed by atoms with van der Waals surface area (Å²) in [6, 6.07) is 13.4. The van der Waals surface area contributed by atoms with Crippen LogP contribution in [0.1, 0.15) is 72.0 Å². The Kier molecular flexibility index (Phi) is 6.17. The molecule has 0 saturated heterocycles. The summed E-state index contributed by atoms with van der Waals surface area (Å²) >= 11 is 6.16. The predicted molar refractivity (Wildman–Crippen MR) is 136 cm³/mol. The molecule has 34 heavy (non-hydrogen) atoms. The summed E-state index contributed by atoms with van der Waals surface area (Å²) in [4.78, 5) is 30.8. The number of carbonyl (C=O) groups is 2. The highest BCUT2D eigenvalue weighted by atomic mass is 35.5. The lowest BCUT2D eigenvalue weighted by Crippen LogP contribution is -2.34. The molecule has 0 bridgehead atoms. The number of fused-ring (bicyclic) bond motifs is 4. The topological polar surface area (TPSA) is 75.5 Å². The number of hydrogen-bond acceptors (Lipinski definition) is 3. The van der Waals surface area contributed by atoms with E-state index in [-0.39, 0.29) is 23.8 Å². The number of hydrogen-bond donors (Lipinski definition) is 2. The zero-order valence-corrected chi connectivity index (χ0v) is 20.3. The molecule has 7 heteroatoms. The summed E-state index contributed by atoms with van der Waals surface area (Å²) in [6.07, 6.45) is 4.75. The largest absolute Gasteiger partial charge is 0.351 e. The van der Waals surface area contributed by atoms with E-state index in [1.54, 1.807) is 0 Å². The number of amidine groups is 1. The normalized spacial score (nSPS) is 20.7. The molecule has 0 fully saturated rings. The Balaban J connectivity index is 1.48. The number of aromatic nitrogens is 1. The molecule has 0 spiro atoms. The van der Waals surface area contributed by atoms with Gasteiger partial charge in [0.1, 0.15) is 11.5 Å². The molecule has 2 aliphatic heterocycles. The molecule has 2 aliphatic rings. The predicted octanol–water partition coefficient (Wildman–Crippen LogP) is 5.81. The van der Waals surface area contributed by atoms with Gasteiger partial charge in [-0.15, -0.1) is 0 Å². The third-order valence-corrected chi connectivity index (χ3v) is 7.18. The minimum Gasteiger partial charge on any atom is -0.351 e. The molecule has 176 valence electrons. The van der Waals surface area contributed by atoms with Gasteiger partial charge < -0.3 is 15.2 Å². The molecule has 2 N–H and O–H groups in total. The third-order valence-electron chi connectivity index (χ3n) is 6.95. The molecule has 2 unspecified atom stereocenters. The van der Waals surface area contributed by atoms with Crippen LogP contribution in [0.4, 0.5) is 5.69 Å². The van der Waals surface area contributed by atoms with Crippen LogP contribution in [0.5, 0.6) is 0 Å². The number of aryl methyl sites for hydroxylation is 1. The van der Waals surface area contributed by atoms with Gasteiger partial charge in [-0.05, 0) is 81.0 Å². The molecule has 0 radical (unpaired) electrons. The second-order valence-corrected chi connectivity index (χ2v) is 9.87. The number of nitrogens with zero attached hydrogens (tertiary/aromatic N) is 2. The summed E-state index contributed by atoms with van der Waals surface area (Å²) in [5.41, 5.74) is 4.06. The summed E-state index contributed by atoms with van der Waals surface area (Å²) in [5, 5.41) is 7.73. The average molecular weight is 477 g/mol. The van der Waals surface area contributed by atoms with Crippen molar-refractivity contribution in [2.45, 2.75) is 52.0 Å². The molecule has 3 aromatic rings. The fourth-order valence-corrected chi connectivity index (χ4v) is 5.14. The summed E-state index contributed by atoms with van der Waals surface area (Å²) in [6.45, 7) is 4.91. The van der Waals surface area contributed by atoms with Crippen LogP contribution in [-0.4, -0.2) is 28.8 Å². The van der Waals surface area contributed by atoms with Crippen LogP contribution in [0.3, 0.4) is 0 Å². The highest BCUT2D eigenvalue weighted by Crippen LogP contribution is 2.31. The smallest absolute Gasteiger partial charge is 0.267 e. The SMILES string of the molecule is CC1CCc2cc(Cl)ccc2N=C1NC(=O)c1ccc2cc3n(c2c1)C(C)CCCCNC3=O. The number of rotatable bonds is 1. The van der Waals surface area contributed by atoms with Gasteiger partial charge in [0.05, 0.1) is 5.69 Å². The van der Waals surface area contributed by atoms with Crippen LogP contribution in [0.25, 0.3) is 10.9 Å². The van der Waals surface area contributed by atoms with E-state index in [1.807, 2.05) is 42.5 Å². The van der Waals surface area contributed by atoms with Gasteiger partial charge in [-0.2, -0.15) is 0 Å². The zero-order chi connectivity index (χ0) is 23.8. The van der Waals surface area contributed by atoms with Crippen molar-refractivity contribution in [1.82, 2.24) is 15.2 Å². The molecular weight excluding hydrogens is 448 g/mol. The van der Waals surface area contributed by atoms with E-state index in [0.29, 0.717) is 28.7 Å². The lowest BCUT2D eigenvalue weighted by molar-refractivity contribution is 0.0943. The molecule has 0 aliphatic carbocycles. The standard InChI is InChI=1S/C27H29ClN4O2/c1-16-6-7-18-13-21(28)10-11-22(18)30-25(16)31-26(33)20-9-8-19-14-24-27(34)29-12-4-3-5-17(2)32(24)23(19)15-20/h8-11,13-17H,3-7,12H2,1-2H3,(H,29,34)(H,30,31,33). The summed E-state index contributed by atoms with van der Waals surface area (Å²) in [5.74, 6) is 0.525. The van der Waals surface area contributed by atoms with Crippen LogP contribution in [0, 0.1) is 5.92 Å². The van der Waals surface area contributed by atoms with E-state index >= 15 is 0 Å². The quantitative estimate of drug-likeness (QED) is 0.465. The maximum Gasteiger partial charge on any atom is 0.267 e. The van der Waals surface area contributed by atoms with Gasteiger partial charge in [0.25, 0.3) is 11.8 Å². The van der Waals surface area contributed by atoms with Crippen molar-refractivity contribution in [1.29, 1.82) is 0 Å². The van der Waals surface area contributed by atoms with Crippen LogP contribution >= 0.6 is 11.6 Å². The Bertz CT molecular complexity index is 1310. The molecular formula is C27H29ClN4O2. The molecule has 2 aromatic carbocycles. The average Bonchev–Trinajstić information content (AvgIpc) is 3.16. The van der Waals surface area contributed by atoms with Gasteiger partial charge >= 0.3 is 0 Å². The maximum atomic E-state index is 13.3. The lowest BCUT2D eigenvalue weighted by atomic mass is 10.0. The second kappa shape index (κ2) is 9.26. The fraction of sp³-hybridized carbons (Fsp3) is 0.370. The van der Waals surface area contributed by atoms with Crippen molar-refractivity contribution < 1.29 is 9.59 Å². The third kappa shape index (κ3) is 4.34. The monoisotopic (exact) mass is 476 g/mol. The van der Waals surface area contributed by atoms with Crippen LogP contribution in [0.2, 0.25) is 5.02 Å². The maximum absolute atomic E-state index is 13.3. The first kappa shape index (κ1) is 22.7. The highest BCUT2D eigenvalue weighted by Gasteiger charge is 2.23. The lowest BCUT2D eigenvalue weighted by Gasteiger charge is -2.17. The Morgan fingerprint density at radius 2 is 1.97 bits per heavy atom. The van der Waals surface area contributed by atoms with E-state index in [4.69, 9.17) is 16.6 Å². The van der Waals surface area contributed by atoms with Crippen molar-refractivity contribution in [3.8, 4) is 0 Å². The molecule has 5 rings (SSSR count). The molecule has 0 saturated carbocycles. The minimum absolute atomic E-state index is 0.0589. The van der Waals surface area contributed by atoms with E-state index in [2.05, 4.69) is 29.0 Å². The fourth-order valence-electron chi connectivity index (χ4n) is 4.95. The van der Waals surface area contributed by atoms with Crippen molar-refractivity contribution in [2.75, 3.05) is 6.54 Å². The highest BCUT2D eigenvalue weighted by molar-refractivity contribution is 6.30. The molecule has 2 atom stereocenters. The molecule has 1 aromatic heterocycles. The minimum atomic E-state index is -0.194. The number of aliphatic imine (C=N–C) groups is 1. The van der Waals surface area contributed by atoms with Gasteiger partial charge in [0.2, 0.25) is 0 Å². The molecule has 2 amide bonds. The van der Waals surface area contributed by atoms with Gasteiger partial charge in [0, 0.05) is 40.0 Å². The number of nitrogens with one attached hydrogen (secondary N) is 2. The zero-order valence-electron chi connectivity index (χ0n) is 19.5. The van der Waals surface area contributed by atoms with Gasteiger partial charge in [0.15, 0.2) is 0 Å².